The Morgan fingerprint density at radius 1 is 1.13 bits per heavy atom. The summed E-state index contributed by atoms with van der Waals surface area (Å²) < 4.78 is 15.3. The van der Waals surface area contributed by atoms with Gasteiger partial charge in [0, 0.05) is 0 Å². The van der Waals surface area contributed by atoms with Crippen LogP contribution in [0.25, 0.3) is 27.8 Å². The molecule has 1 atom stereocenters. The molecule has 0 amide bonds. The number of halogens is 1. The Bertz CT molecular complexity index is 1480. The van der Waals surface area contributed by atoms with Crippen molar-refractivity contribution in [3.8, 4) is 5.69 Å². The third kappa shape index (κ3) is 3.23. The van der Waals surface area contributed by atoms with Crippen LogP contribution < -0.4 is 16.6 Å². The molecule has 4 N–H and O–H groups in total. The van der Waals surface area contributed by atoms with Crippen molar-refractivity contribution < 1.29 is 4.39 Å². The molecular formula is C21H17FN8O. The molecule has 31 heavy (non-hydrogen) atoms. The van der Waals surface area contributed by atoms with Crippen LogP contribution in [0.3, 0.4) is 0 Å². The minimum absolute atomic E-state index is 0.0664. The highest BCUT2D eigenvalue weighted by molar-refractivity contribution is 5.83. The van der Waals surface area contributed by atoms with E-state index in [0.717, 1.165) is 0 Å². The third-order valence-corrected chi connectivity index (χ3v) is 4.91. The summed E-state index contributed by atoms with van der Waals surface area (Å²) in [5.74, 6) is 0.431. The third-order valence-electron chi connectivity index (χ3n) is 4.91. The lowest BCUT2D eigenvalue weighted by molar-refractivity contribution is 0.629. The Balaban J connectivity index is 1.70. The van der Waals surface area contributed by atoms with Crippen LogP contribution in [0, 0.1) is 5.82 Å². The highest BCUT2D eigenvalue weighted by Crippen LogP contribution is 2.24. The topological polar surface area (TPSA) is 127 Å². The average molecular weight is 416 g/mol. The lowest BCUT2D eigenvalue weighted by atomic mass is 10.2. The first kappa shape index (κ1) is 18.7. The van der Waals surface area contributed by atoms with Gasteiger partial charge in [0.25, 0.3) is 5.56 Å². The first-order valence-corrected chi connectivity index (χ1v) is 9.52. The molecule has 2 aromatic carbocycles. The summed E-state index contributed by atoms with van der Waals surface area (Å²) in [6, 6.07) is 12.6. The van der Waals surface area contributed by atoms with Gasteiger partial charge in [0.1, 0.15) is 17.2 Å². The summed E-state index contributed by atoms with van der Waals surface area (Å²) in [5, 5.41) is 3.44. The van der Waals surface area contributed by atoms with Crippen molar-refractivity contribution in [3.63, 3.8) is 0 Å². The Hall–Kier alpha value is -4.34. The number of hydrogen-bond donors (Lipinski definition) is 3. The number of aromatic amines is 1. The summed E-state index contributed by atoms with van der Waals surface area (Å²) in [6.45, 7) is 1.84. The fraction of sp³-hybridized carbons (Fsp3) is 0.0952. The van der Waals surface area contributed by atoms with Gasteiger partial charge in [-0.1, -0.05) is 18.2 Å². The maximum atomic E-state index is 13.8. The Morgan fingerprint density at radius 2 is 1.94 bits per heavy atom. The van der Waals surface area contributed by atoms with E-state index in [1.165, 1.54) is 29.1 Å². The van der Waals surface area contributed by atoms with E-state index >= 15 is 0 Å². The van der Waals surface area contributed by atoms with E-state index in [0.29, 0.717) is 34.0 Å². The van der Waals surface area contributed by atoms with Crippen molar-refractivity contribution in [2.45, 2.75) is 13.0 Å². The number of aromatic nitrogens is 6. The molecule has 1 unspecified atom stereocenters. The second-order valence-corrected chi connectivity index (χ2v) is 7.01. The van der Waals surface area contributed by atoms with Crippen molar-refractivity contribution in [1.29, 1.82) is 0 Å². The van der Waals surface area contributed by atoms with E-state index in [2.05, 4.69) is 30.2 Å². The molecule has 0 saturated heterocycles. The van der Waals surface area contributed by atoms with Crippen molar-refractivity contribution in [3.05, 3.63) is 76.9 Å². The zero-order valence-corrected chi connectivity index (χ0v) is 16.4. The number of benzene rings is 2. The molecule has 5 aromatic rings. The van der Waals surface area contributed by atoms with Gasteiger partial charge in [-0.15, -0.1) is 0 Å². The highest BCUT2D eigenvalue weighted by atomic mass is 19.1. The first-order chi connectivity index (χ1) is 15.0. The van der Waals surface area contributed by atoms with Crippen LogP contribution in [0.2, 0.25) is 0 Å². The SMILES string of the molecule is CC(Nc1nc(N)nc2nc[nH]c12)c1nc2ccc(F)cc2c(=O)n1-c1ccccc1. The van der Waals surface area contributed by atoms with E-state index in [9.17, 15) is 9.18 Å². The molecule has 5 rings (SSSR count). The predicted molar refractivity (Wildman–Crippen MR) is 115 cm³/mol. The number of anilines is 2. The molecular weight excluding hydrogens is 399 g/mol. The van der Waals surface area contributed by atoms with Gasteiger partial charge < -0.3 is 16.0 Å². The number of hydrogen-bond acceptors (Lipinski definition) is 7. The molecule has 9 nitrogen and oxygen atoms in total. The van der Waals surface area contributed by atoms with Gasteiger partial charge in [-0.3, -0.25) is 9.36 Å². The van der Waals surface area contributed by atoms with E-state index in [1.807, 2.05) is 25.1 Å². The number of nitrogens with zero attached hydrogens (tertiary/aromatic N) is 5. The number of fused-ring (bicyclic) bond motifs is 2. The normalized spacial score (nSPS) is 12.3. The Labute approximate surface area is 174 Å². The second kappa shape index (κ2) is 7.17. The van der Waals surface area contributed by atoms with Crippen molar-refractivity contribution in [1.82, 2.24) is 29.5 Å². The summed E-state index contributed by atoms with van der Waals surface area (Å²) >= 11 is 0. The zero-order chi connectivity index (χ0) is 21.5. The van der Waals surface area contributed by atoms with Gasteiger partial charge in [0.2, 0.25) is 5.95 Å². The first-order valence-electron chi connectivity index (χ1n) is 9.52. The van der Waals surface area contributed by atoms with Crippen LogP contribution in [0.5, 0.6) is 0 Å². The molecule has 154 valence electrons. The van der Waals surface area contributed by atoms with E-state index in [-0.39, 0.29) is 16.9 Å². The van der Waals surface area contributed by atoms with Crippen LogP contribution in [-0.2, 0) is 0 Å². The van der Waals surface area contributed by atoms with Crippen LogP contribution in [0.4, 0.5) is 16.2 Å². The van der Waals surface area contributed by atoms with Crippen LogP contribution in [-0.4, -0.2) is 29.5 Å². The average Bonchev–Trinajstić information content (AvgIpc) is 3.23. The molecule has 0 fully saturated rings. The predicted octanol–water partition coefficient (Wildman–Crippen LogP) is 2.95. The quantitative estimate of drug-likeness (QED) is 0.411. The molecule has 0 radical (unpaired) electrons. The highest BCUT2D eigenvalue weighted by Gasteiger charge is 2.20. The molecule has 0 aliphatic carbocycles. The van der Waals surface area contributed by atoms with E-state index in [1.54, 1.807) is 12.1 Å². The maximum Gasteiger partial charge on any atom is 0.266 e. The Kier molecular flexibility index (Phi) is 4.32. The summed E-state index contributed by atoms with van der Waals surface area (Å²) in [6.07, 6.45) is 1.50. The van der Waals surface area contributed by atoms with Crippen LogP contribution in [0.15, 0.2) is 59.7 Å². The van der Waals surface area contributed by atoms with Crippen LogP contribution in [0.1, 0.15) is 18.8 Å². The number of rotatable bonds is 4. The summed E-state index contributed by atoms with van der Waals surface area (Å²) in [7, 11) is 0. The largest absolute Gasteiger partial charge is 0.368 e. The van der Waals surface area contributed by atoms with Crippen molar-refractivity contribution in [2.24, 2.45) is 0 Å². The lowest BCUT2D eigenvalue weighted by Crippen LogP contribution is -2.27. The van der Waals surface area contributed by atoms with Crippen molar-refractivity contribution >= 4 is 33.8 Å². The van der Waals surface area contributed by atoms with Gasteiger partial charge >= 0.3 is 0 Å². The number of imidazole rings is 1. The molecule has 0 aliphatic heterocycles. The van der Waals surface area contributed by atoms with Crippen molar-refractivity contribution in [2.75, 3.05) is 11.1 Å². The molecule has 10 heteroatoms. The monoisotopic (exact) mass is 416 g/mol. The zero-order valence-electron chi connectivity index (χ0n) is 16.4. The Morgan fingerprint density at radius 3 is 2.74 bits per heavy atom. The smallest absolute Gasteiger partial charge is 0.266 e. The van der Waals surface area contributed by atoms with Gasteiger partial charge in [0.15, 0.2) is 11.5 Å². The fourth-order valence-corrected chi connectivity index (χ4v) is 3.52. The van der Waals surface area contributed by atoms with Gasteiger partial charge in [0.05, 0.1) is 29.0 Å². The van der Waals surface area contributed by atoms with Gasteiger partial charge in [-0.05, 0) is 37.3 Å². The molecule has 0 saturated carbocycles. The number of nitrogens with two attached hydrogens (primary N) is 1. The van der Waals surface area contributed by atoms with E-state index in [4.69, 9.17) is 5.73 Å². The lowest BCUT2D eigenvalue weighted by Gasteiger charge is -2.20. The second-order valence-electron chi connectivity index (χ2n) is 7.01. The van der Waals surface area contributed by atoms with Gasteiger partial charge in [-0.25, -0.2) is 14.4 Å². The fourth-order valence-electron chi connectivity index (χ4n) is 3.52. The standard InChI is InChI=1S/C21H17FN8O/c1-11(26-18-16-17(25-10-24-16)28-21(23)29-18)19-27-15-8-7-12(22)9-14(15)20(31)30(19)13-5-3-2-4-6-13/h2-11H,1H3,(H4,23,24,25,26,28,29). The molecule has 0 aliphatic rings. The maximum absolute atomic E-state index is 13.8. The number of para-hydroxylation sites is 1. The summed E-state index contributed by atoms with van der Waals surface area (Å²) in [5.41, 5.74) is 7.46. The molecule has 0 spiro atoms. The summed E-state index contributed by atoms with van der Waals surface area (Å²) in [4.78, 5) is 33.5. The van der Waals surface area contributed by atoms with Gasteiger partial charge in [-0.2, -0.15) is 9.97 Å². The minimum atomic E-state index is -0.497. The number of H-pyrrole nitrogens is 1. The molecule has 3 heterocycles. The van der Waals surface area contributed by atoms with Crippen LogP contribution >= 0.6 is 0 Å². The van der Waals surface area contributed by atoms with E-state index < -0.39 is 11.9 Å². The molecule has 3 aromatic heterocycles. The molecule has 0 bridgehead atoms. The number of nitrogens with one attached hydrogen (secondary N) is 2. The minimum Gasteiger partial charge on any atom is -0.368 e. The number of nitrogen functional groups attached to an aromatic ring is 1.